The fourth-order valence-electron chi connectivity index (χ4n) is 5.48. The van der Waals surface area contributed by atoms with E-state index in [4.69, 9.17) is 0 Å². The van der Waals surface area contributed by atoms with E-state index in [9.17, 15) is 29.4 Å². The minimum absolute atomic E-state index is 0.00953. The van der Waals surface area contributed by atoms with Crippen LogP contribution in [0.25, 0.3) is 0 Å². The molecule has 5 atom stereocenters. The lowest BCUT2D eigenvalue weighted by Crippen LogP contribution is -2.58. The van der Waals surface area contributed by atoms with E-state index >= 15 is 0 Å². The van der Waals surface area contributed by atoms with Crippen molar-refractivity contribution in [3.63, 3.8) is 0 Å². The van der Waals surface area contributed by atoms with Crippen molar-refractivity contribution in [1.29, 1.82) is 0 Å². The molecule has 0 radical (unpaired) electrons. The van der Waals surface area contributed by atoms with Crippen LogP contribution in [-0.2, 0) is 25.6 Å². The summed E-state index contributed by atoms with van der Waals surface area (Å²) in [4.78, 5) is 53.4. The van der Waals surface area contributed by atoms with E-state index in [0.717, 1.165) is 24.8 Å². The third kappa shape index (κ3) is 6.84. The SMILES string of the molecule is CCCCCC(=O)N1CC[C@@H]2C[C@H](C(=O)O)N(C(=O)[C@H](C)N[C@@H](CCc3ccccc3)C(=O)O)[C@H]2C1. The van der Waals surface area contributed by atoms with Crippen LogP contribution in [0.3, 0.4) is 0 Å². The third-order valence-corrected chi connectivity index (χ3v) is 7.51. The van der Waals surface area contributed by atoms with Gasteiger partial charge in [-0.2, -0.15) is 0 Å². The van der Waals surface area contributed by atoms with Crippen LogP contribution in [0.1, 0.15) is 64.4 Å². The highest BCUT2D eigenvalue weighted by atomic mass is 16.4. The number of carboxylic acid groups (broad SMARTS) is 2. The average molecular weight is 502 g/mol. The van der Waals surface area contributed by atoms with Crippen molar-refractivity contribution >= 4 is 23.8 Å². The van der Waals surface area contributed by atoms with Gasteiger partial charge in [0.05, 0.1) is 12.1 Å². The number of rotatable bonds is 12. The molecule has 1 aromatic carbocycles. The highest BCUT2D eigenvalue weighted by Crippen LogP contribution is 2.37. The smallest absolute Gasteiger partial charge is 0.326 e. The fraction of sp³-hybridized carbons (Fsp3) is 0.630. The number of benzene rings is 1. The zero-order valence-electron chi connectivity index (χ0n) is 21.3. The van der Waals surface area contributed by atoms with Crippen LogP contribution < -0.4 is 5.32 Å². The van der Waals surface area contributed by atoms with Gasteiger partial charge in [-0.1, -0.05) is 50.1 Å². The number of unbranched alkanes of at least 4 members (excludes halogenated alkanes) is 2. The number of carboxylic acids is 2. The van der Waals surface area contributed by atoms with Crippen LogP contribution >= 0.6 is 0 Å². The average Bonchev–Trinajstić information content (AvgIpc) is 3.25. The number of amides is 2. The highest BCUT2D eigenvalue weighted by Gasteiger charge is 2.50. The Balaban J connectivity index is 1.68. The van der Waals surface area contributed by atoms with Gasteiger partial charge in [0, 0.05) is 19.5 Å². The Morgan fingerprint density at radius 1 is 1.11 bits per heavy atom. The normalized spacial score (nSPS) is 23.1. The lowest BCUT2D eigenvalue weighted by Gasteiger charge is -2.40. The van der Waals surface area contributed by atoms with Crippen LogP contribution in [0.4, 0.5) is 0 Å². The maximum absolute atomic E-state index is 13.5. The molecule has 2 amide bonds. The molecule has 2 saturated heterocycles. The lowest BCUT2D eigenvalue weighted by molar-refractivity contribution is -0.152. The first kappa shape index (κ1) is 27.6. The van der Waals surface area contributed by atoms with Crippen molar-refractivity contribution in [3.05, 3.63) is 35.9 Å². The molecule has 2 aliphatic rings. The molecule has 3 rings (SSSR count). The van der Waals surface area contributed by atoms with Crippen molar-refractivity contribution in [2.75, 3.05) is 13.1 Å². The first-order valence-corrected chi connectivity index (χ1v) is 13.1. The molecule has 0 saturated carbocycles. The van der Waals surface area contributed by atoms with E-state index in [1.807, 2.05) is 30.3 Å². The van der Waals surface area contributed by atoms with Gasteiger partial charge in [0.2, 0.25) is 11.8 Å². The number of nitrogens with zero attached hydrogens (tertiary/aromatic N) is 2. The summed E-state index contributed by atoms with van der Waals surface area (Å²) in [7, 11) is 0. The molecule has 36 heavy (non-hydrogen) atoms. The van der Waals surface area contributed by atoms with Crippen LogP contribution in [-0.4, -0.2) is 81.0 Å². The second-order valence-corrected chi connectivity index (χ2v) is 10.1. The van der Waals surface area contributed by atoms with Crippen molar-refractivity contribution in [2.24, 2.45) is 5.92 Å². The second kappa shape index (κ2) is 12.9. The standard InChI is InChI=1S/C27H39N3O6/c1-3-4-6-11-24(31)29-15-14-20-16-22(27(35)36)30(23(20)17-29)25(32)18(2)28-21(26(33)34)13-12-19-9-7-5-8-10-19/h5,7-10,18,20-23,28H,3-4,6,11-17H2,1-2H3,(H,33,34)(H,35,36)/t18-,20+,21-,22+,23-/m0/s1. The molecule has 9 heteroatoms. The second-order valence-electron chi connectivity index (χ2n) is 10.1. The van der Waals surface area contributed by atoms with Crippen LogP contribution in [0, 0.1) is 5.92 Å². The molecule has 0 aliphatic carbocycles. The number of fused-ring (bicyclic) bond motifs is 1. The van der Waals surface area contributed by atoms with Crippen molar-refractivity contribution in [3.8, 4) is 0 Å². The maximum atomic E-state index is 13.5. The zero-order valence-corrected chi connectivity index (χ0v) is 21.3. The molecule has 2 fully saturated rings. The molecule has 0 unspecified atom stereocenters. The third-order valence-electron chi connectivity index (χ3n) is 7.51. The van der Waals surface area contributed by atoms with Gasteiger partial charge in [-0.25, -0.2) is 4.79 Å². The van der Waals surface area contributed by atoms with Crippen LogP contribution in [0.2, 0.25) is 0 Å². The molecule has 9 nitrogen and oxygen atoms in total. The summed E-state index contributed by atoms with van der Waals surface area (Å²) in [5.74, 6) is -2.49. The molecule has 2 aliphatic heterocycles. The molecule has 0 bridgehead atoms. The summed E-state index contributed by atoms with van der Waals surface area (Å²) in [6, 6.07) is 6.35. The Hall–Kier alpha value is -2.94. The summed E-state index contributed by atoms with van der Waals surface area (Å²) >= 11 is 0. The number of piperidine rings is 1. The number of aliphatic carboxylic acids is 2. The maximum Gasteiger partial charge on any atom is 0.326 e. The Labute approximate surface area is 212 Å². The van der Waals surface area contributed by atoms with E-state index in [2.05, 4.69) is 12.2 Å². The fourth-order valence-corrected chi connectivity index (χ4v) is 5.48. The van der Waals surface area contributed by atoms with Crippen molar-refractivity contribution < 1.29 is 29.4 Å². The van der Waals surface area contributed by atoms with E-state index < -0.39 is 36.0 Å². The van der Waals surface area contributed by atoms with E-state index in [0.29, 0.717) is 45.2 Å². The summed E-state index contributed by atoms with van der Waals surface area (Å²) in [5.41, 5.74) is 1.00. The van der Waals surface area contributed by atoms with E-state index in [-0.39, 0.29) is 17.9 Å². The number of likely N-dealkylation sites (tertiary alicyclic amines) is 2. The molecule has 2 heterocycles. The summed E-state index contributed by atoms with van der Waals surface area (Å²) in [5, 5.41) is 22.5. The topological polar surface area (TPSA) is 127 Å². The first-order chi connectivity index (χ1) is 17.2. The van der Waals surface area contributed by atoms with Crippen LogP contribution in [0.15, 0.2) is 30.3 Å². The van der Waals surface area contributed by atoms with Crippen molar-refractivity contribution in [1.82, 2.24) is 15.1 Å². The van der Waals surface area contributed by atoms with Gasteiger partial charge in [-0.3, -0.25) is 19.7 Å². The molecule has 1 aromatic rings. The number of aryl methyl sites for hydroxylation is 1. The van der Waals surface area contributed by atoms with Crippen LogP contribution in [0.5, 0.6) is 0 Å². The predicted octanol–water partition coefficient (Wildman–Crippen LogP) is 2.53. The molecule has 0 aromatic heterocycles. The van der Waals surface area contributed by atoms with Gasteiger partial charge in [0.25, 0.3) is 0 Å². The highest BCUT2D eigenvalue weighted by molar-refractivity contribution is 5.88. The summed E-state index contributed by atoms with van der Waals surface area (Å²) in [6.07, 6.45) is 5.13. The Kier molecular flexibility index (Phi) is 9.87. The molecule has 0 spiro atoms. The largest absolute Gasteiger partial charge is 0.480 e. The summed E-state index contributed by atoms with van der Waals surface area (Å²) in [6.45, 7) is 4.57. The quantitative estimate of drug-likeness (QED) is 0.376. The first-order valence-electron chi connectivity index (χ1n) is 13.1. The van der Waals surface area contributed by atoms with E-state index in [1.165, 1.54) is 4.90 Å². The van der Waals surface area contributed by atoms with Gasteiger partial charge in [-0.15, -0.1) is 0 Å². The van der Waals surface area contributed by atoms with Gasteiger partial charge in [-0.05, 0) is 50.5 Å². The minimum atomic E-state index is -1.07. The van der Waals surface area contributed by atoms with Gasteiger partial charge in [0.15, 0.2) is 0 Å². The van der Waals surface area contributed by atoms with E-state index in [1.54, 1.807) is 11.8 Å². The molecular weight excluding hydrogens is 462 g/mol. The Morgan fingerprint density at radius 3 is 2.47 bits per heavy atom. The Bertz CT molecular complexity index is 923. The molecule has 198 valence electrons. The zero-order chi connectivity index (χ0) is 26.2. The number of hydrogen-bond donors (Lipinski definition) is 3. The van der Waals surface area contributed by atoms with Gasteiger partial charge >= 0.3 is 11.9 Å². The lowest BCUT2D eigenvalue weighted by atomic mass is 9.91. The number of carbonyl (C=O) groups excluding carboxylic acids is 2. The predicted molar refractivity (Wildman–Crippen MR) is 134 cm³/mol. The Morgan fingerprint density at radius 2 is 1.83 bits per heavy atom. The molecular formula is C27H39N3O6. The number of nitrogens with one attached hydrogen (secondary N) is 1. The van der Waals surface area contributed by atoms with Gasteiger partial charge < -0.3 is 20.0 Å². The number of carbonyl (C=O) groups is 4. The molecule has 3 N–H and O–H groups in total. The minimum Gasteiger partial charge on any atom is -0.480 e. The van der Waals surface area contributed by atoms with Crippen molar-refractivity contribution in [2.45, 2.75) is 89.4 Å². The summed E-state index contributed by atoms with van der Waals surface area (Å²) < 4.78 is 0. The number of hydrogen-bond acceptors (Lipinski definition) is 5. The monoisotopic (exact) mass is 501 g/mol. The van der Waals surface area contributed by atoms with Gasteiger partial charge in [0.1, 0.15) is 12.1 Å².